The van der Waals surface area contributed by atoms with E-state index in [0.717, 1.165) is 11.5 Å². The average molecular weight is 597 g/mol. The Hall–Kier alpha value is -4.37. The quantitative estimate of drug-likeness (QED) is 0.237. The first-order valence-electron chi connectivity index (χ1n) is 11.6. The van der Waals surface area contributed by atoms with Gasteiger partial charge < -0.3 is 14.6 Å². The van der Waals surface area contributed by atoms with Gasteiger partial charge >= 0.3 is 18.2 Å². The van der Waals surface area contributed by atoms with E-state index in [9.17, 15) is 41.0 Å². The molecule has 0 radical (unpaired) electrons. The normalized spacial score (nSPS) is 13.1. The molecule has 0 aliphatic heterocycles. The molecule has 0 saturated heterocycles. The molecule has 0 unspecified atom stereocenters. The number of halogens is 6. The summed E-state index contributed by atoms with van der Waals surface area (Å²) in [6.45, 7) is 0.224. The first-order chi connectivity index (χ1) is 19.2. The summed E-state index contributed by atoms with van der Waals surface area (Å²) in [7, 11) is 0. The fraction of sp³-hybridized carbons (Fsp3) is 0.192. The monoisotopic (exact) mass is 597 g/mol. The Labute approximate surface area is 229 Å². The minimum Gasteiger partial charge on any atom is -0.453 e. The number of hydrogen-bond donors (Lipinski definition) is 2. The summed E-state index contributed by atoms with van der Waals surface area (Å²) in [4.78, 5) is 30.8. The summed E-state index contributed by atoms with van der Waals surface area (Å²) in [5, 5.41) is 10.9. The van der Waals surface area contributed by atoms with E-state index in [2.05, 4.69) is 9.72 Å². The van der Waals surface area contributed by atoms with Gasteiger partial charge in [-0.15, -0.1) is 24.5 Å². The third-order valence-electron chi connectivity index (χ3n) is 6.07. The summed E-state index contributed by atoms with van der Waals surface area (Å²) in [5.41, 5.74) is -1.79. The van der Waals surface area contributed by atoms with Gasteiger partial charge in [0.25, 0.3) is 5.56 Å². The number of aliphatic hydroxyl groups excluding tert-OH is 1. The highest BCUT2D eigenvalue weighted by Crippen LogP contribution is 2.43. The zero-order valence-corrected chi connectivity index (χ0v) is 21.4. The van der Waals surface area contributed by atoms with Gasteiger partial charge in [0, 0.05) is 22.7 Å². The smallest absolute Gasteiger partial charge is 0.453 e. The molecule has 0 fully saturated rings. The van der Waals surface area contributed by atoms with Crippen molar-refractivity contribution in [3.63, 3.8) is 0 Å². The van der Waals surface area contributed by atoms with Crippen LogP contribution in [0.4, 0.5) is 26.3 Å². The molecule has 41 heavy (non-hydrogen) atoms. The molecule has 0 spiro atoms. The molecular weight excluding hydrogens is 580 g/mol. The van der Waals surface area contributed by atoms with Crippen LogP contribution in [0.3, 0.4) is 0 Å². The second kappa shape index (κ2) is 10.2. The molecule has 15 heteroatoms. The van der Waals surface area contributed by atoms with Crippen LogP contribution in [-0.4, -0.2) is 38.3 Å². The number of thiophene rings is 1. The third kappa shape index (κ3) is 5.76. The van der Waals surface area contributed by atoms with Gasteiger partial charge in [-0.25, -0.2) is 4.79 Å². The maximum absolute atomic E-state index is 13.3. The third-order valence-corrected chi connectivity index (χ3v) is 7.43. The molecule has 5 rings (SSSR count). The summed E-state index contributed by atoms with van der Waals surface area (Å²) in [6, 6.07) is 10.1. The molecule has 5 aromatic rings. The number of fused-ring (bicyclic) bond motifs is 2. The molecule has 214 valence electrons. The summed E-state index contributed by atoms with van der Waals surface area (Å²) < 4.78 is 89.4. The highest BCUT2D eigenvalue weighted by atomic mass is 32.1. The Morgan fingerprint density at radius 3 is 2.49 bits per heavy atom. The van der Waals surface area contributed by atoms with Gasteiger partial charge in [0.15, 0.2) is 17.6 Å². The molecule has 0 aliphatic carbocycles. The number of aliphatic hydroxyl groups is 1. The molecule has 2 N–H and O–H groups in total. The van der Waals surface area contributed by atoms with Crippen LogP contribution in [0.15, 0.2) is 64.4 Å². The highest BCUT2D eigenvalue weighted by molar-refractivity contribution is 7.22. The van der Waals surface area contributed by atoms with E-state index >= 15 is 0 Å². The number of nitrogens with zero attached hydrogens (tertiary/aromatic N) is 2. The van der Waals surface area contributed by atoms with Gasteiger partial charge in [-0.1, -0.05) is 6.07 Å². The summed E-state index contributed by atoms with van der Waals surface area (Å²) >= 11 is 0.702. The number of H-pyrrole nitrogens is 1. The zero-order chi connectivity index (χ0) is 29.7. The molecule has 3 heterocycles. The number of pyridine rings is 1. The second-order valence-electron chi connectivity index (χ2n) is 8.86. The Balaban J connectivity index is 1.61. The predicted molar refractivity (Wildman–Crippen MR) is 137 cm³/mol. The first kappa shape index (κ1) is 28.2. The number of benzene rings is 2. The van der Waals surface area contributed by atoms with Crippen LogP contribution in [0, 0.1) is 6.92 Å². The minimum absolute atomic E-state index is 0.104. The number of ether oxygens (including phenoxy) is 2. The molecule has 0 bridgehead atoms. The van der Waals surface area contributed by atoms with Crippen molar-refractivity contribution in [3.8, 4) is 27.7 Å². The lowest BCUT2D eigenvalue weighted by atomic mass is 10.1. The first-order valence-corrected chi connectivity index (χ1v) is 12.5. The summed E-state index contributed by atoms with van der Waals surface area (Å²) in [5.74, 6) is -0.824. The van der Waals surface area contributed by atoms with Crippen molar-refractivity contribution in [3.05, 3.63) is 81.3 Å². The van der Waals surface area contributed by atoms with Crippen LogP contribution in [0.25, 0.3) is 31.4 Å². The van der Waals surface area contributed by atoms with Gasteiger partial charge in [0.1, 0.15) is 10.6 Å². The Bertz CT molecular complexity index is 1890. The van der Waals surface area contributed by atoms with E-state index in [-0.39, 0.29) is 37.7 Å². The standard InChI is InChI=1S/C26H17F6N3O5S/c1-12-20-22(37)34-24(38)35(11-19(36)25(27,28)29)23(20)41-21(12)14-3-5-17(18(9-14)40-26(30,31)32)39-16-4-2-13-6-7-33-10-15(13)8-16/h2-10,19,36H,11H2,1H3,(H,34,37,38)/t19-/m1/s1. The number of aromatic amines is 1. The second-order valence-corrected chi connectivity index (χ2v) is 9.86. The van der Waals surface area contributed by atoms with Crippen molar-refractivity contribution < 1.29 is 40.9 Å². The number of nitrogens with one attached hydrogen (secondary N) is 1. The highest BCUT2D eigenvalue weighted by Gasteiger charge is 2.39. The van der Waals surface area contributed by atoms with Gasteiger partial charge in [-0.05, 0) is 59.8 Å². The predicted octanol–water partition coefficient (Wildman–Crippen LogP) is 5.89. The fourth-order valence-electron chi connectivity index (χ4n) is 4.18. The maximum atomic E-state index is 13.3. The average Bonchev–Trinajstić information content (AvgIpc) is 3.23. The van der Waals surface area contributed by atoms with Crippen molar-refractivity contribution in [2.45, 2.75) is 32.1 Å². The van der Waals surface area contributed by atoms with Gasteiger partial charge in [0.05, 0.1) is 11.9 Å². The number of hydrogen-bond acceptors (Lipinski definition) is 7. The topological polar surface area (TPSA) is 106 Å². The van der Waals surface area contributed by atoms with Gasteiger partial charge in [-0.2, -0.15) is 13.2 Å². The lowest BCUT2D eigenvalue weighted by molar-refractivity contribution is -0.275. The fourth-order valence-corrected chi connectivity index (χ4v) is 5.49. The number of aromatic nitrogens is 3. The largest absolute Gasteiger partial charge is 0.573 e. The maximum Gasteiger partial charge on any atom is 0.573 e. The van der Waals surface area contributed by atoms with Crippen LogP contribution in [-0.2, 0) is 6.54 Å². The molecule has 3 aromatic heterocycles. The molecule has 2 aromatic carbocycles. The number of alkyl halides is 6. The molecule has 0 aliphatic rings. The van der Waals surface area contributed by atoms with Crippen LogP contribution < -0.4 is 20.7 Å². The minimum atomic E-state index is -5.11. The van der Waals surface area contributed by atoms with E-state index in [1.807, 2.05) is 4.98 Å². The van der Waals surface area contributed by atoms with Crippen LogP contribution in [0.2, 0.25) is 0 Å². The molecule has 1 atom stereocenters. The van der Waals surface area contributed by atoms with E-state index in [1.54, 1.807) is 36.7 Å². The zero-order valence-electron chi connectivity index (χ0n) is 20.6. The SMILES string of the molecule is Cc1c(-c2ccc(Oc3ccc4ccncc4c3)c(OC(F)(F)F)c2)sc2c1c(=O)[nH]c(=O)n2C[C@@H](O)C(F)(F)F. The van der Waals surface area contributed by atoms with Crippen molar-refractivity contribution in [2.75, 3.05) is 0 Å². The van der Waals surface area contributed by atoms with Crippen molar-refractivity contribution in [1.82, 2.24) is 14.5 Å². The van der Waals surface area contributed by atoms with Crippen LogP contribution in [0.5, 0.6) is 17.2 Å². The van der Waals surface area contributed by atoms with Crippen LogP contribution in [0.1, 0.15) is 5.56 Å². The van der Waals surface area contributed by atoms with Crippen LogP contribution >= 0.6 is 11.3 Å². The lowest BCUT2D eigenvalue weighted by Crippen LogP contribution is -2.38. The van der Waals surface area contributed by atoms with E-state index in [1.165, 1.54) is 19.1 Å². The van der Waals surface area contributed by atoms with Crippen molar-refractivity contribution in [1.29, 1.82) is 0 Å². The van der Waals surface area contributed by atoms with Gasteiger partial charge in [-0.3, -0.25) is 19.3 Å². The molecular formula is C26H17F6N3O5S. The Kier molecular flexibility index (Phi) is 7.03. The molecule has 8 nitrogen and oxygen atoms in total. The van der Waals surface area contributed by atoms with Gasteiger partial charge in [0.2, 0.25) is 0 Å². The van der Waals surface area contributed by atoms with E-state index in [4.69, 9.17) is 4.74 Å². The van der Waals surface area contributed by atoms with E-state index < -0.39 is 42.2 Å². The molecule has 0 amide bonds. The number of rotatable bonds is 6. The Morgan fingerprint density at radius 1 is 1.02 bits per heavy atom. The van der Waals surface area contributed by atoms with E-state index in [0.29, 0.717) is 21.3 Å². The number of aryl methyl sites for hydroxylation is 1. The Morgan fingerprint density at radius 2 is 1.78 bits per heavy atom. The lowest BCUT2D eigenvalue weighted by Gasteiger charge is -2.16. The summed E-state index contributed by atoms with van der Waals surface area (Å²) in [6.07, 6.45) is -9.92. The molecule has 0 saturated carbocycles. The van der Waals surface area contributed by atoms with Crippen molar-refractivity contribution in [2.24, 2.45) is 0 Å². The van der Waals surface area contributed by atoms with Crippen molar-refractivity contribution >= 4 is 32.3 Å².